The number of nitrogens with zero attached hydrogens (tertiary/aromatic N) is 1. The van der Waals surface area contributed by atoms with Gasteiger partial charge >= 0.3 is 0 Å². The van der Waals surface area contributed by atoms with Crippen LogP contribution in [0.25, 0.3) is 0 Å². The fourth-order valence-electron chi connectivity index (χ4n) is 3.19. The van der Waals surface area contributed by atoms with Gasteiger partial charge in [0, 0.05) is 19.8 Å². The van der Waals surface area contributed by atoms with Crippen LogP contribution in [0.1, 0.15) is 12.0 Å². The minimum absolute atomic E-state index is 0.0635. The fraction of sp³-hybridized carbons (Fsp3) is 0.381. The van der Waals surface area contributed by atoms with E-state index in [1.807, 2.05) is 24.3 Å². The molecule has 1 aliphatic rings. The quantitative estimate of drug-likeness (QED) is 0.665. The van der Waals surface area contributed by atoms with Crippen LogP contribution in [-0.4, -0.2) is 52.3 Å². The summed E-state index contributed by atoms with van der Waals surface area (Å²) in [6.07, 6.45) is 2.50. The van der Waals surface area contributed by atoms with Gasteiger partial charge in [0.05, 0.1) is 17.4 Å². The number of para-hydroxylation sites is 1. The first-order chi connectivity index (χ1) is 13.3. The summed E-state index contributed by atoms with van der Waals surface area (Å²) in [5.41, 5.74) is 1.06. The number of hydrogen-bond acceptors (Lipinski definition) is 5. The van der Waals surface area contributed by atoms with Gasteiger partial charge in [-0.05, 0) is 42.7 Å². The highest BCUT2D eigenvalue weighted by molar-refractivity contribution is 7.90. The van der Waals surface area contributed by atoms with Gasteiger partial charge in [0.15, 0.2) is 9.84 Å². The molecule has 1 heterocycles. The Morgan fingerprint density at radius 3 is 2.79 bits per heavy atom. The third kappa shape index (κ3) is 5.04. The molecule has 0 saturated heterocycles. The van der Waals surface area contributed by atoms with Crippen molar-refractivity contribution in [2.24, 2.45) is 5.92 Å². The number of rotatable bonds is 7. The van der Waals surface area contributed by atoms with E-state index in [4.69, 9.17) is 9.47 Å². The van der Waals surface area contributed by atoms with Crippen molar-refractivity contribution >= 4 is 15.7 Å². The van der Waals surface area contributed by atoms with Gasteiger partial charge in [0.25, 0.3) is 0 Å². The molecule has 0 fully saturated rings. The molecule has 1 unspecified atom stereocenters. The summed E-state index contributed by atoms with van der Waals surface area (Å²) >= 11 is 0. The third-order valence-electron chi connectivity index (χ3n) is 4.74. The van der Waals surface area contributed by atoms with Crippen molar-refractivity contribution in [3.8, 4) is 11.5 Å². The molecule has 3 rings (SSSR count). The number of ether oxygens (including phenoxy) is 2. The van der Waals surface area contributed by atoms with Gasteiger partial charge in [-0.15, -0.1) is 0 Å². The standard InChI is InChI=1S/C21H25NO5S/c1-22(21(23)17-13-16-7-3-4-10-20(16)27-15-17)11-6-12-26-18-8-5-9-19(14-18)28(2,24)25/h3-5,7-10,14,17H,6,11-13,15H2,1-2H3. The Labute approximate surface area is 166 Å². The number of carbonyl (C=O) groups is 1. The van der Waals surface area contributed by atoms with E-state index in [0.29, 0.717) is 38.3 Å². The molecule has 0 bridgehead atoms. The smallest absolute Gasteiger partial charge is 0.229 e. The lowest BCUT2D eigenvalue weighted by atomic mass is 9.95. The number of amides is 1. The predicted octanol–water partition coefficient (Wildman–Crippen LogP) is 2.57. The van der Waals surface area contributed by atoms with Gasteiger partial charge in [-0.3, -0.25) is 4.79 Å². The molecule has 2 aromatic carbocycles. The van der Waals surface area contributed by atoms with Crippen LogP contribution in [0.5, 0.6) is 11.5 Å². The lowest BCUT2D eigenvalue weighted by molar-refractivity contribution is -0.135. The second-order valence-corrected chi connectivity index (χ2v) is 9.04. The van der Waals surface area contributed by atoms with E-state index in [2.05, 4.69) is 0 Å². The monoisotopic (exact) mass is 403 g/mol. The van der Waals surface area contributed by atoms with Crippen LogP contribution in [0.3, 0.4) is 0 Å². The molecule has 6 nitrogen and oxygen atoms in total. The van der Waals surface area contributed by atoms with Crippen molar-refractivity contribution in [1.82, 2.24) is 4.90 Å². The number of hydrogen-bond donors (Lipinski definition) is 0. The predicted molar refractivity (Wildman–Crippen MR) is 106 cm³/mol. The largest absolute Gasteiger partial charge is 0.493 e. The van der Waals surface area contributed by atoms with Gasteiger partial charge in [-0.2, -0.15) is 0 Å². The Bertz CT molecular complexity index is 941. The second-order valence-electron chi connectivity index (χ2n) is 7.03. The maximum absolute atomic E-state index is 12.7. The van der Waals surface area contributed by atoms with Gasteiger partial charge in [-0.1, -0.05) is 24.3 Å². The molecule has 0 aromatic heterocycles. The Balaban J connectivity index is 1.46. The summed E-state index contributed by atoms with van der Waals surface area (Å²) in [5.74, 6) is 1.26. The first-order valence-electron chi connectivity index (χ1n) is 9.23. The zero-order valence-electron chi connectivity index (χ0n) is 16.1. The number of fused-ring (bicyclic) bond motifs is 1. The van der Waals surface area contributed by atoms with Gasteiger partial charge in [0.1, 0.15) is 18.1 Å². The number of carbonyl (C=O) groups excluding carboxylic acids is 1. The highest BCUT2D eigenvalue weighted by Crippen LogP contribution is 2.27. The fourth-order valence-corrected chi connectivity index (χ4v) is 3.85. The molecule has 0 aliphatic carbocycles. The van der Waals surface area contributed by atoms with E-state index >= 15 is 0 Å². The Morgan fingerprint density at radius 2 is 2.00 bits per heavy atom. The maximum Gasteiger partial charge on any atom is 0.229 e. The molecule has 2 aromatic rings. The molecule has 1 amide bonds. The molecular formula is C21H25NO5S. The van der Waals surface area contributed by atoms with Gasteiger partial charge in [0.2, 0.25) is 5.91 Å². The van der Waals surface area contributed by atoms with Gasteiger partial charge in [-0.25, -0.2) is 8.42 Å². The summed E-state index contributed by atoms with van der Waals surface area (Å²) in [6, 6.07) is 14.2. The van der Waals surface area contributed by atoms with E-state index < -0.39 is 9.84 Å². The van der Waals surface area contributed by atoms with Crippen molar-refractivity contribution in [3.05, 3.63) is 54.1 Å². The number of sulfone groups is 1. The van der Waals surface area contributed by atoms with E-state index in [-0.39, 0.29) is 16.7 Å². The van der Waals surface area contributed by atoms with Crippen LogP contribution >= 0.6 is 0 Å². The van der Waals surface area contributed by atoms with E-state index in [1.54, 1.807) is 30.1 Å². The van der Waals surface area contributed by atoms with Crippen LogP contribution in [0.4, 0.5) is 0 Å². The van der Waals surface area contributed by atoms with Crippen molar-refractivity contribution in [2.45, 2.75) is 17.7 Å². The third-order valence-corrected chi connectivity index (χ3v) is 5.85. The van der Waals surface area contributed by atoms with Crippen LogP contribution in [0.15, 0.2) is 53.4 Å². The summed E-state index contributed by atoms with van der Waals surface area (Å²) < 4.78 is 34.5. The molecular weight excluding hydrogens is 378 g/mol. The minimum Gasteiger partial charge on any atom is -0.493 e. The Hall–Kier alpha value is -2.54. The van der Waals surface area contributed by atoms with Crippen molar-refractivity contribution in [3.63, 3.8) is 0 Å². The van der Waals surface area contributed by atoms with Crippen molar-refractivity contribution < 1.29 is 22.7 Å². The highest BCUT2D eigenvalue weighted by Gasteiger charge is 2.27. The summed E-state index contributed by atoms with van der Waals surface area (Å²) in [4.78, 5) is 14.6. The molecule has 1 atom stereocenters. The molecule has 1 aliphatic heterocycles. The first-order valence-corrected chi connectivity index (χ1v) is 11.1. The van der Waals surface area contributed by atoms with E-state index in [1.165, 1.54) is 12.3 Å². The Morgan fingerprint density at radius 1 is 1.21 bits per heavy atom. The highest BCUT2D eigenvalue weighted by atomic mass is 32.2. The van der Waals surface area contributed by atoms with E-state index in [9.17, 15) is 13.2 Å². The van der Waals surface area contributed by atoms with Crippen molar-refractivity contribution in [1.29, 1.82) is 0 Å². The summed E-state index contributed by atoms with van der Waals surface area (Å²) in [7, 11) is -1.47. The molecule has 0 N–H and O–H groups in total. The summed E-state index contributed by atoms with van der Waals surface area (Å²) in [6.45, 7) is 1.35. The normalized spacial score (nSPS) is 16.0. The molecule has 150 valence electrons. The minimum atomic E-state index is -3.26. The topological polar surface area (TPSA) is 72.9 Å². The van der Waals surface area contributed by atoms with Crippen LogP contribution < -0.4 is 9.47 Å². The van der Waals surface area contributed by atoms with Crippen molar-refractivity contribution in [2.75, 3.05) is 33.1 Å². The van der Waals surface area contributed by atoms with Crippen LogP contribution in [0, 0.1) is 5.92 Å². The average molecular weight is 404 g/mol. The molecule has 0 radical (unpaired) electrons. The van der Waals surface area contributed by atoms with Crippen LogP contribution in [-0.2, 0) is 21.1 Å². The molecule has 7 heteroatoms. The molecule has 0 saturated carbocycles. The molecule has 0 spiro atoms. The zero-order chi connectivity index (χ0) is 20.1. The number of benzene rings is 2. The first kappa shape index (κ1) is 20.2. The molecule has 28 heavy (non-hydrogen) atoms. The zero-order valence-corrected chi connectivity index (χ0v) is 16.9. The average Bonchev–Trinajstić information content (AvgIpc) is 2.69. The van der Waals surface area contributed by atoms with E-state index in [0.717, 1.165) is 11.3 Å². The lowest BCUT2D eigenvalue weighted by Crippen LogP contribution is -2.39. The SMILES string of the molecule is CN(CCCOc1cccc(S(C)(=O)=O)c1)C(=O)C1COc2ccccc2C1. The second kappa shape index (κ2) is 8.65. The van der Waals surface area contributed by atoms with Crippen LogP contribution in [0.2, 0.25) is 0 Å². The lowest BCUT2D eigenvalue weighted by Gasteiger charge is -2.28. The summed E-state index contributed by atoms with van der Waals surface area (Å²) in [5, 5.41) is 0. The Kier molecular flexibility index (Phi) is 6.24. The van der Waals surface area contributed by atoms with Gasteiger partial charge < -0.3 is 14.4 Å². The maximum atomic E-state index is 12.7.